The first kappa shape index (κ1) is 16.4. The van der Waals surface area contributed by atoms with E-state index in [1.165, 1.54) is 5.56 Å². The first-order valence-electron chi connectivity index (χ1n) is 6.97. The Kier molecular flexibility index (Phi) is 5.75. The normalized spacial score (nSPS) is 13.4. The second-order valence-corrected chi connectivity index (χ2v) is 8.93. The zero-order valence-corrected chi connectivity index (χ0v) is 13.7. The van der Waals surface area contributed by atoms with E-state index in [0.29, 0.717) is 0 Å². The van der Waals surface area contributed by atoms with Gasteiger partial charge in [0.25, 0.3) is 0 Å². The third-order valence-electron chi connectivity index (χ3n) is 4.35. The maximum Gasteiger partial charge on any atom is 0.119 e. The molecule has 3 heteroatoms. The molecular formula is C16H28O2S. The van der Waals surface area contributed by atoms with E-state index >= 15 is 0 Å². The molecule has 0 radical (unpaired) electrons. The zero-order chi connectivity index (χ0) is 14.5. The molecule has 0 unspecified atom stereocenters. The summed E-state index contributed by atoms with van der Waals surface area (Å²) in [4.78, 5) is 0. The molecule has 0 saturated carbocycles. The highest BCUT2D eigenvalue weighted by atomic mass is 32.3. The van der Waals surface area contributed by atoms with Crippen LogP contribution in [0.3, 0.4) is 0 Å². The van der Waals surface area contributed by atoms with Gasteiger partial charge in [-0.15, -0.1) is 10.3 Å². The Morgan fingerprint density at radius 3 is 2.32 bits per heavy atom. The van der Waals surface area contributed by atoms with Gasteiger partial charge in [-0.25, -0.2) is 0 Å². The van der Waals surface area contributed by atoms with E-state index < -0.39 is 10.3 Å². The Morgan fingerprint density at radius 2 is 1.84 bits per heavy atom. The van der Waals surface area contributed by atoms with E-state index in [-0.39, 0.29) is 4.75 Å². The smallest absolute Gasteiger partial charge is 0.119 e. The van der Waals surface area contributed by atoms with Crippen molar-refractivity contribution in [3.8, 4) is 5.75 Å². The molecule has 0 spiro atoms. The fourth-order valence-corrected chi connectivity index (χ4v) is 4.77. The van der Waals surface area contributed by atoms with Crippen LogP contribution in [-0.2, 0) is 6.42 Å². The van der Waals surface area contributed by atoms with Gasteiger partial charge in [0.2, 0.25) is 0 Å². The van der Waals surface area contributed by atoms with Crippen molar-refractivity contribution in [1.29, 1.82) is 0 Å². The number of ether oxygens (including phenoxy) is 1. The van der Waals surface area contributed by atoms with Crippen LogP contribution in [0.2, 0.25) is 0 Å². The molecule has 1 aromatic rings. The van der Waals surface area contributed by atoms with Gasteiger partial charge in [0, 0.05) is 4.75 Å². The Bertz CT molecular complexity index is 392. The Morgan fingerprint density at radius 1 is 1.21 bits per heavy atom. The van der Waals surface area contributed by atoms with Crippen molar-refractivity contribution in [3.05, 3.63) is 29.8 Å². The van der Waals surface area contributed by atoms with Gasteiger partial charge in [0.1, 0.15) is 5.75 Å². The molecule has 0 saturated heterocycles. The molecule has 0 bridgehead atoms. The summed E-state index contributed by atoms with van der Waals surface area (Å²) in [5.41, 5.74) is 1.29. The second-order valence-electron chi connectivity index (χ2n) is 5.51. The van der Waals surface area contributed by atoms with Gasteiger partial charge in [0.15, 0.2) is 0 Å². The largest absolute Gasteiger partial charge is 0.497 e. The highest BCUT2D eigenvalue weighted by Crippen LogP contribution is 2.55. The Balaban J connectivity index is 2.82. The summed E-state index contributed by atoms with van der Waals surface area (Å²) in [5, 5.41) is 0. The molecule has 0 aromatic heterocycles. The number of aryl methyl sites for hydroxylation is 1. The maximum absolute atomic E-state index is 10.6. The fourth-order valence-electron chi connectivity index (χ4n) is 2.76. The molecule has 0 fully saturated rings. The molecule has 0 amide bonds. The molecule has 1 rings (SSSR count). The number of methoxy groups -OCH3 is 1. The SMILES string of the molecule is CCC(CC)(CCc1cccc(OC)c1)S(C)(C)O. The maximum atomic E-state index is 10.6. The lowest BCUT2D eigenvalue weighted by atomic mass is 9.93. The van der Waals surface area contributed by atoms with Crippen molar-refractivity contribution in [2.75, 3.05) is 19.6 Å². The van der Waals surface area contributed by atoms with E-state index in [2.05, 4.69) is 26.0 Å². The summed E-state index contributed by atoms with van der Waals surface area (Å²) in [6, 6.07) is 8.23. The van der Waals surface area contributed by atoms with Crippen LogP contribution in [0.5, 0.6) is 5.75 Å². The molecule has 110 valence electrons. The van der Waals surface area contributed by atoms with Crippen LogP contribution in [0.1, 0.15) is 38.7 Å². The number of hydrogen-bond acceptors (Lipinski definition) is 2. The minimum Gasteiger partial charge on any atom is -0.497 e. The number of hydrogen-bond donors (Lipinski definition) is 1. The van der Waals surface area contributed by atoms with E-state index in [0.717, 1.165) is 31.4 Å². The molecule has 1 N–H and O–H groups in total. The van der Waals surface area contributed by atoms with Gasteiger partial charge in [0.05, 0.1) is 7.11 Å². The van der Waals surface area contributed by atoms with Gasteiger partial charge in [-0.2, -0.15) is 0 Å². The second kappa shape index (κ2) is 6.67. The van der Waals surface area contributed by atoms with Crippen molar-refractivity contribution < 1.29 is 9.29 Å². The summed E-state index contributed by atoms with van der Waals surface area (Å²) in [6.45, 7) is 4.39. The average molecular weight is 284 g/mol. The summed E-state index contributed by atoms with van der Waals surface area (Å²) in [6.07, 6.45) is 8.14. The van der Waals surface area contributed by atoms with Gasteiger partial charge in [-0.05, 0) is 55.9 Å². The summed E-state index contributed by atoms with van der Waals surface area (Å²) in [5.74, 6) is 0.909. The molecule has 0 heterocycles. The molecule has 1 aromatic carbocycles. The minimum absolute atomic E-state index is 0.0656. The van der Waals surface area contributed by atoms with Crippen molar-refractivity contribution in [1.82, 2.24) is 0 Å². The molecule has 2 nitrogen and oxygen atoms in total. The Hall–Kier alpha value is -0.670. The van der Waals surface area contributed by atoms with Crippen LogP contribution < -0.4 is 4.74 Å². The highest BCUT2D eigenvalue weighted by molar-refractivity contribution is 8.29. The van der Waals surface area contributed by atoms with Crippen LogP contribution >= 0.6 is 10.3 Å². The monoisotopic (exact) mass is 284 g/mol. The molecule has 0 atom stereocenters. The lowest BCUT2D eigenvalue weighted by Crippen LogP contribution is -2.33. The fraction of sp³-hybridized carbons (Fsp3) is 0.625. The minimum atomic E-state index is -1.54. The van der Waals surface area contributed by atoms with Crippen LogP contribution in [0.4, 0.5) is 0 Å². The lowest BCUT2D eigenvalue weighted by Gasteiger charge is -2.46. The Labute approximate surface area is 119 Å². The zero-order valence-electron chi connectivity index (χ0n) is 12.9. The van der Waals surface area contributed by atoms with Crippen molar-refractivity contribution in [3.63, 3.8) is 0 Å². The van der Waals surface area contributed by atoms with Crippen molar-refractivity contribution in [2.45, 2.75) is 44.3 Å². The van der Waals surface area contributed by atoms with Crippen LogP contribution in [0.25, 0.3) is 0 Å². The van der Waals surface area contributed by atoms with Crippen molar-refractivity contribution in [2.24, 2.45) is 0 Å². The average Bonchev–Trinajstić information content (AvgIpc) is 2.39. The lowest BCUT2D eigenvalue weighted by molar-refractivity contribution is 0.413. The van der Waals surface area contributed by atoms with E-state index in [1.807, 2.05) is 24.6 Å². The van der Waals surface area contributed by atoms with Crippen LogP contribution in [0.15, 0.2) is 24.3 Å². The molecule has 0 aliphatic rings. The molecule has 19 heavy (non-hydrogen) atoms. The van der Waals surface area contributed by atoms with E-state index in [1.54, 1.807) is 7.11 Å². The summed E-state index contributed by atoms with van der Waals surface area (Å²) in [7, 11) is 0.153. The van der Waals surface area contributed by atoms with E-state index in [9.17, 15) is 4.55 Å². The first-order chi connectivity index (χ1) is 8.88. The first-order valence-corrected chi connectivity index (χ1v) is 9.37. The van der Waals surface area contributed by atoms with Gasteiger partial charge in [-0.3, -0.25) is 0 Å². The molecule has 0 aliphatic carbocycles. The predicted molar refractivity (Wildman–Crippen MR) is 86.7 cm³/mol. The van der Waals surface area contributed by atoms with Gasteiger partial charge < -0.3 is 9.29 Å². The van der Waals surface area contributed by atoms with E-state index in [4.69, 9.17) is 4.74 Å². The van der Waals surface area contributed by atoms with Gasteiger partial charge >= 0.3 is 0 Å². The van der Waals surface area contributed by atoms with Crippen LogP contribution in [-0.4, -0.2) is 28.9 Å². The standard InChI is InChI=1S/C16H28O2S/c1-6-16(7-2,19(4,5)17)12-11-14-9-8-10-15(13-14)18-3/h8-10,13,17H,6-7,11-12H2,1-5H3. The highest BCUT2D eigenvalue weighted by Gasteiger charge is 2.36. The molecular weight excluding hydrogens is 256 g/mol. The number of rotatable bonds is 7. The topological polar surface area (TPSA) is 29.5 Å². The third-order valence-corrected chi connectivity index (χ3v) is 7.25. The molecule has 0 aliphatic heterocycles. The predicted octanol–water partition coefficient (Wildman–Crippen LogP) is 4.72. The summed E-state index contributed by atoms with van der Waals surface area (Å²) >= 11 is 0. The third kappa shape index (κ3) is 3.90. The number of benzene rings is 1. The quantitative estimate of drug-likeness (QED) is 0.784. The van der Waals surface area contributed by atoms with Gasteiger partial charge in [-0.1, -0.05) is 26.0 Å². The van der Waals surface area contributed by atoms with Crippen LogP contribution in [0, 0.1) is 0 Å². The van der Waals surface area contributed by atoms with Crippen molar-refractivity contribution >= 4 is 10.3 Å². The summed E-state index contributed by atoms with van der Waals surface area (Å²) < 4.78 is 15.9.